The van der Waals surface area contributed by atoms with Crippen LogP contribution in [0.2, 0.25) is 0 Å². The minimum absolute atomic E-state index is 0.243. The maximum Gasteiger partial charge on any atom is 0.128 e. The summed E-state index contributed by atoms with van der Waals surface area (Å²) in [5.41, 5.74) is 1.23. The van der Waals surface area contributed by atoms with E-state index in [2.05, 4.69) is 10.4 Å². The van der Waals surface area contributed by atoms with Crippen LogP contribution in [-0.4, -0.2) is 15.8 Å². The number of hydrogen-bond donors (Lipinski definition) is 1. The number of nitrogens with zero attached hydrogens (tertiary/aromatic N) is 2. The van der Waals surface area contributed by atoms with Gasteiger partial charge >= 0.3 is 0 Å². The van der Waals surface area contributed by atoms with E-state index in [9.17, 15) is 8.78 Å². The molecule has 1 aromatic heterocycles. The molecule has 0 saturated heterocycles. The number of nitrogens with one attached hydrogen (secondary N) is 1. The fraction of sp³-hybridized carbons (Fsp3) is 0.357. The molecule has 1 aliphatic carbocycles. The first-order valence-corrected chi connectivity index (χ1v) is 6.40. The highest BCUT2D eigenvalue weighted by atomic mass is 19.1. The highest BCUT2D eigenvalue weighted by Gasteiger charge is 2.20. The smallest absolute Gasteiger partial charge is 0.128 e. The van der Waals surface area contributed by atoms with E-state index in [0.29, 0.717) is 11.6 Å². The molecular formula is C14H15F2N3. The van der Waals surface area contributed by atoms with Crippen molar-refractivity contribution in [3.63, 3.8) is 0 Å². The van der Waals surface area contributed by atoms with Crippen LogP contribution in [0.1, 0.15) is 24.1 Å². The molecule has 0 radical (unpaired) electrons. The van der Waals surface area contributed by atoms with E-state index in [-0.39, 0.29) is 6.54 Å². The monoisotopic (exact) mass is 263 g/mol. The minimum atomic E-state index is -0.431. The molecule has 1 heterocycles. The largest absolute Gasteiger partial charge is 0.308 e. The van der Waals surface area contributed by atoms with E-state index in [1.54, 1.807) is 10.9 Å². The molecule has 100 valence electrons. The second kappa shape index (κ2) is 5.09. The highest BCUT2D eigenvalue weighted by molar-refractivity contribution is 5.19. The van der Waals surface area contributed by atoms with Crippen molar-refractivity contribution in [3.8, 4) is 0 Å². The highest BCUT2D eigenvalue weighted by Crippen LogP contribution is 2.19. The lowest BCUT2D eigenvalue weighted by Crippen LogP contribution is -2.16. The van der Waals surface area contributed by atoms with Gasteiger partial charge in [-0.1, -0.05) is 0 Å². The van der Waals surface area contributed by atoms with Crippen LogP contribution < -0.4 is 5.32 Å². The van der Waals surface area contributed by atoms with Crippen molar-refractivity contribution in [3.05, 3.63) is 53.4 Å². The molecule has 1 saturated carbocycles. The van der Waals surface area contributed by atoms with E-state index < -0.39 is 11.6 Å². The zero-order chi connectivity index (χ0) is 13.2. The first-order valence-electron chi connectivity index (χ1n) is 6.40. The summed E-state index contributed by atoms with van der Waals surface area (Å²) in [5.74, 6) is -0.839. The lowest BCUT2D eigenvalue weighted by Gasteiger charge is -2.04. The predicted octanol–water partition coefficient (Wildman–Crippen LogP) is 2.46. The SMILES string of the molecule is Fc1ccc(F)c(Cn2ccc(CNC3CC3)n2)c1. The third kappa shape index (κ3) is 3.17. The van der Waals surface area contributed by atoms with E-state index >= 15 is 0 Å². The van der Waals surface area contributed by atoms with Gasteiger partial charge in [0.2, 0.25) is 0 Å². The standard InChI is InChI=1S/C14H15F2N3/c15-11-1-4-14(16)10(7-11)9-19-6-5-13(18-19)8-17-12-2-3-12/h1,4-7,12,17H,2-3,8-9H2. The molecule has 1 aromatic carbocycles. The number of benzene rings is 1. The van der Waals surface area contributed by atoms with Gasteiger partial charge in [0.05, 0.1) is 12.2 Å². The molecule has 0 aliphatic heterocycles. The maximum absolute atomic E-state index is 13.5. The Labute approximate surface area is 110 Å². The maximum atomic E-state index is 13.5. The fourth-order valence-corrected chi connectivity index (χ4v) is 1.96. The van der Waals surface area contributed by atoms with Crippen LogP contribution in [0.25, 0.3) is 0 Å². The second-order valence-corrected chi connectivity index (χ2v) is 4.90. The summed E-state index contributed by atoms with van der Waals surface area (Å²) in [5, 5.41) is 7.70. The molecule has 1 aliphatic rings. The molecule has 0 atom stereocenters. The second-order valence-electron chi connectivity index (χ2n) is 4.90. The topological polar surface area (TPSA) is 29.9 Å². The molecule has 0 unspecified atom stereocenters. The molecule has 1 N–H and O–H groups in total. The summed E-state index contributed by atoms with van der Waals surface area (Å²) in [4.78, 5) is 0. The van der Waals surface area contributed by atoms with Gasteiger partial charge in [-0.05, 0) is 37.1 Å². The zero-order valence-electron chi connectivity index (χ0n) is 10.4. The van der Waals surface area contributed by atoms with Gasteiger partial charge in [-0.2, -0.15) is 5.10 Å². The third-order valence-electron chi connectivity index (χ3n) is 3.19. The summed E-state index contributed by atoms with van der Waals surface area (Å²) in [6.45, 7) is 0.969. The Morgan fingerprint density at radius 3 is 2.89 bits per heavy atom. The Hall–Kier alpha value is -1.75. The Morgan fingerprint density at radius 2 is 2.11 bits per heavy atom. The van der Waals surface area contributed by atoms with Crippen LogP contribution in [0.3, 0.4) is 0 Å². The normalized spacial score (nSPS) is 14.8. The van der Waals surface area contributed by atoms with Crippen LogP contribution in [0, 0.1) is 11.6 Å². The summed E-state index contributed by atoms with van der Waals surface area (Å²) < 4.78 is 28.2. The van der Waals surface area contributed by atoms with Crippen molar-refractivity contribution in [2.75, 3.05) is 0 Å². The molecule has 5 heteroatoms. The average Bonchev–Trinajstić information content (AvgIpc) is 3.12. The third-order valence-corrected chi connectivity index (χ3v) is 3.19. The van der Waals surface area contributed by atoms with Gasteiger partial charge in [-0.25, -0.2) is 8.78 Å². The predicted molar refractivity (Wildman–Crippen MR) is 67.5 cm³/mol. The van der Waals surface area contributed by atoms with Crippen molar-refractivity contribution in [2.24, 2.45) is 0 Å². The summed E-state index contributed by atoms with van der Waals surface area (Å²) in [6, 6.07) is 5.99. The molecule has 0 bridgehead atoms. The van der Waals surface area contributed by atoms with Gasteiger partial charge in [0.1, 0.15) is 11.6 Å². The molecule has 1 fully saturated rings. The zero-order valence-corrected chi connectivity index (χ0v) is 10.4. The molecule has 0 amide bonds. The molecule has 19 heavy (non-hydrogen) atoms. The van der Waals surface area contributed by atoms with E-state index in [4.69, 9.17) is 0 Å². The van der Waals surface area contributed by atoms with Crippen LogP contribution in [0.5, 0.6) is 0 Å². The van der Waals surface area contributed by atoms with Gasteiger partial charge in [0.25, 0.3) is 0 Å². The molecule has 3 nitrogen and oxygen atoms in total. The van der Waals surface area contributed by atoms with Crippen LogP contribution in [0.15, 0.2) is 30.5 Å². The van der Waals surface area contributed by atoms with Gasteiger partial charge in [0.15, 0.2) is 0 Å². The Balaban J connectivity index is 1.66. The van der Waals surface area contributed by atoms with Crippen LogP contribution in [-0.2, 0) is 13.1 Å². The Morgan fingerprint density at radius 1 is 1.26 bits per heavy atom. The lowest BCUT2D eigenvalue weighted by atomic mass is 10.2. The summed E-state index contributed by atoms with van der Waals surface area (Å²) >= 11 is 0. The van der Waals surface area contributed by atoms with Crippen molar-refractivity contribution in [1.82, 2.24) is 15.1 Å². The Kier molecular flexibility index (Phi) is 3.29. The first kappa shape index (κ1) is 12.3. The number of halogens is 2. The van der Waals surface area contributed by atoms with Gasteiger partial charge in [-0.15, -0.1) is 0 Å². The average molecular weight is 263 g/mol. The lowest BCUT2D eigenvalue weighted by molar-refractivity contribution is 0.562. The molecule has 2 aromatic rings. The van der Waals surface area contributed by atoms with E-state index in [0.717, 1.165) is 24.4 Å². The summed E-state index contributed by atoms with van der Waals surface area (Å²) in [7, 11) is 0. The van der Waals surface area contributed by atoms with Gasteiger partial charge in [0, 0.05) is 24.3 Å². The van der Waals surface area contributed by atoms with Crippen molar-refractivity contribution < 1.29 is 8.78 Å². The van der Waals surface area contributed by atoms with Crippen LogP contribution >= 0.6 is 0 Å². The van der Waals surface area contributed by atoms with Gasteiger partial charge < -0.3 is 5.32 Å². The Bertz CT molecular complexity index is 576. The minimum Gasteiger partial charge on any atom is -0.308 e. The van der Waals surface area contributed by atoms with E-state index in [1.165, 1.54) is 18.9 Å². The molecule has 0 spiro atoms. The first-order chi connectivity index (χ1) is 9.20. The van der Waals surface area contributed by atoms with Crippen molar-refractivity contribution in [1.29, 1.82) is 0 Å². The van der Waals surface area contributed by atoms with Crippen molar-refractivity contribution in [2.45, 2.75) is 32.0 Å². The van der Waals surface area contributed by atoms with E-state index in [1.807, 2.05) is 6.07 Å². The van der Waals surface area contributed by atoms with Crippen LogP contribution in [0.4, 0.5) is 8.78 Å². The molecular weight excluding hydrogens is 248 g/mol. The summed E-state index contributed by atoms with van der Waals surface area (Å²) in [6.07, 6.45) is 4.25. The molecule has 3 rings (SSSR count). The van der Waals surface area contributed by atoms with Crippen molar-refractivity contribution >= 4 is 0 Å². The fourth-order valence-electron chi connectivity index (χ4n) is 1.96. The van der Waals surface area contributed by atoms with Gasteiger partial charge in [-0.3, -0.25) is 4.68 Å². The quantitative estimate of drug-likeness (QED) is 0.898. The number of rotatable bonds is 5. The number of aromatic nitrogens is 2. The number of hydrogen-bond acceptors (Lipinski definition) is 2.